The Bertz CT molecular complexity index is 903. The number of likely N-dealkylation sites (tertiary alicyclic amines) is 1. The van der Waals surface area contributed by atoms with Crippen LogP contribution >= 0.6 is 15.9 Å². The number of benzene rings is 1. The molecule has 0 radical (unpaired) electrons. The van der Waals surface area contributed by atoms with Crippen molar-refractivity contribution in [2.75, 3.05) is 25.2 Å². The molecule has 2 aromatic rings. The minimum absolute atomic E-state index is 0.0712. The number of anilines is 1. The van der Waals surface area contributed by atoms with E-state index in [2.05, 4.69) is 26.2 Å². The summed E-state index contributed by atoms with van der Waals surface area (Å²) in [6.45, 7) is 1.38. The maximum absolute atomic E-state index is 12.7. The summed E-state index contributed by atoms with van der Waals surface area (Å²) < 4.78 is 11.6. The van der Waals surface area contributed by atoms with Gasteiger partial charge >= 0.3 is 0 Å². The normalized spacial score (nSPS) is 17.8. The molecule has 1 aromatic carbocycles. The number of hydrogen-bond donors (Lipinski definition) is 1. The molecule has 1 saturated heterocycles. The zero-order chi connectivity index (χ0) is 20.2. The van der Waals surface area contributed by atoms with Gasteiger partial charge in [-0.15, -0.1) is 0 Å². The Morgan fingerprint density at radius 2 is 2.07 bits per heavy atom. The highest BCUT2D eigenvalue weighted by atomic mass is 79.9. The van der Waals surface area contributed by atoms with Crippen LogP contribution in [0.4, 0.5) is 5.82 Å². The second-order valence-corrected chi connectivity index (χ2v) is 8.13. The largest absolute Gasteiger partial charge is 0.454 e. The molecule has 0 saturated carbocycles. The van der Waals surface area contributed by atoms with Crippen LogP contribution in [-0.4, -0.2) is 41.6 Å². The number of halogens is 1. The summed E-state index contributed by atoms with van der Waals surface area (Å²) in [5, 5.41) is 2.85. The van der Waals surface area contributed by atoms with Crippen LogP contribution in [0.2, 0.25) is 0 Å². The quantitative estimate of drug-likeness (QED) is 0.740. The van der Waals surface area contributed by atoms with Crippen molar-refractivity contribution in [2.24, 2.45) is 5.92 Å². The van der Waals surface area contributed by atoms with Crippen molar-refractivity contribution in [3.63, 3.8) is 0 Å². The lowest BCUT2D eigenvalue weighted by atomic mass is 9.96. The molecule has 0 aliphatic carbocycles. The van der Waals surface area contributed by atoms with Crippen molar-refractivity contribution in [1.82, 2.24) is 9.88 Å². The van der Waals surface area contributed by atoms with Gasteiger partial charge in [-0.3, -0.25) is 9.59 Å². The molecule has 152 valence electrons. The molecule has 1 unspecified atom stereocenters. The molecular formula is C21H22BrN3O4. The molecule has 7 nitrogen and oxygen atoms in total. The molecule has 4 rings (SSSR count). The van der Waals surface area contributed by atoms with Gasteiger partial charge in [0.25, 0.3) is 0 Å². The Morgan fingerprint density at radius 1 is 1.21 bits per heavy atom. The fourth-order valence-corrected chi connectivity index (χ4v) is 3.84. The Labute approximate surface area is 177 Å². The third-order valence-corrected chi connectivity index (χ3v) is 5.66. The summed E-state index contributed by atoms with van der Waals surface area (Å²) in [6.07, 6.45) is 4.27. The van der Waals surface area contributed by atoms with Crippen molar-refractivity contribution in [2.45, 2.75) is 25.7 Å². The van der Waals surface area contributed by atoms with E-state index in [-0.39, 0.29) is 24.5 Å². The van der Waals surface area contributed by atoms with Gasteiger partial charge in [-0.05, 0) is 65.0 Å². The van der Waals surface area contributed by atoms with E-state index < -0.39 is 0 Å². The van der Waals surface area contributed by atoms with E-state index in [0.29, 0.717) is 31.7 Å². The van der Waals surface area contributed by atoms with E-state index in [1.807, 2.05) is 24.3 Å². The van der Waals surface area contributed by atoms with Gasteiger partial charge in [-0.25, -0.2) is 4.98 Å². The number of nitrogens with one attached hydrogen (secondary N) is 1. The second kappa shape index (κ2) is 8.82. The predicted molar refractivity (Wildman–Crippen MR) is 111 cm³/mol. The number of carbonyl (C=O) groups excluding carboxylic acids is 2. The van der Waals surface area contributed by atoms with Crippen molar-refractivity contribution in [3.8, 4) is 11.5 Å². The second-order valence-electron chi connectivity index (χ2n) is 7.22. The fourth-order valence-electron chi connectivity index (χ4n) is 3.60. The van der Waals surface area contributed by atoms with Crippen LogP contribution in [0.5, 0.6) is 11.5 Å². The minimum atomic E-state index is -0.219. The van der Waals surface area contributed by atoms with E-state index in [1.165, 1.54) is 0 Å². The van der Waals surface area contributed by atoms with Gasteiger partial charge < -0.3 is 19.7 Å². The standard InChI is InChI=1S/C21H22BrN3O4/c22-16-5-7-19(23-11-16)24-21(27)15-2-1-9-25(12-15)20(26)8-4-14-3-6-17-18(10-14)29-13-28-17/h3,5-7,10-11,15H,1-2,4,8-9,12-13H2,(H,23,24,27). The van der Waals surface area contributed by atoms with Crippen LogP contribution in [0.3, 0.4) is 0 Å². The van der Waals surface area contributed by atoms with Crippen molar-refractivity contribution >= 4 is 33.6 Å². The van der Waals surface area contributed by atoms with Crippen molar-refractivity contribution in [3.05, 3.63) is 46.6 Å². The molecule has 1 atom stereocenters. The summed E-state index contributed by atoms with van der Waals surface area (Å²) in [7, 11) is 0. The maximum Gasteiger partial charge on any atom is 0.231 e. The minimum Gasteiger partial charge on any atom is -0.454 e. The molecule has 29 heavy (non-hydrogen) atoms. The summed E-state index contributed by atoms with van der Waals surface area (Å²) in [5.74, 6) is 1.75. The summed E-state index contributed by atoms with van der Waals surface area (Å²) in [5.41, 5.74) is 1.04. The number of amides is 2. The highest BCUT2D eigenvalue weighted by molar-refractivity contribution is 9.10. The van der Waals surface area contributed by atoms with Gasteiger partial charge in [0.1, 0.15) is 5.82 Å². The number of rotatable bonds is 5. The molecule has 3 heterocycles. The first-order chi connectivity index (χ1) is 14.1. The van der Waals surface area contributed by atoms with Gasteiger partial charge in [0.15, 0.2) is 11.5 Å². The lowest BCUT2D eigenvalue weighted by molar-refractivity contribution is -0.134. The molecule has 0 bridgehead atoms. The third kappa shape index (κ3) is 4.87. The van der Waals surface area contributed by atoms with Crippen LogP contribution in [0.1, 0.15) is 24.8 Å². The van der Waals surface area contributed by atoms with E-state index in [9.17, 15) is 9.59 Å². The summed E-state index contributed by atoms with van der Waals surface area (Å²) in [6, 6.07) is 9.33. The third-order valence-electron chi connectivity index (χ3n) is 5.19. The fraction of sp³-hybridized carbons (Fsp3) is 0.381. The maximum atomic E-state index is 12.7. The SMILES string of the molecule is O=C(Nc1ccc(Br)cn1)C1CCCN(C(=O)CCc2ccc3c(c2)OCO3)C1. The number of pyridine rings is 1. The number of nitrogens with zero attached hydrogens (tertiary/aromatic N) is 2. The van der Waals surface area contributed by atoms with E-state index in [0.717, 1.165) is 34.4 Å². The molecule has 2 aliphatic heterocycles. The topological polar surface area (TPSA) is 80.8 Å². The Kier molecular flexibility index (Phi) is 5.99. The van der Waals surface area contributed by atoms with Crippen LogP contribution in [0, 0.1) is 5.92 Å². The lowest BCUT2D eigenvalue weighted by Crippen LogP contribution is -2.43. The Hall–Kier alpha value is -2.61. The van der Waals surface area contributed by atoms with E-state index >= 15 is 0 Å². The highest BCUT2D eigenvalue weighted by Gasteiger charge is 2.28. The highest BCUT2D eigenvalue weighted by Crippen LogP contribution is 2.32. The van der Waals surface area contributed by atoms with Gasteiger partial charge in [-0.1, -0.05) is 6.07 Å². The molecule has 1 aromatic heterocycles. The van der Waals surface area contributed by atoms with Crippen LogP contribution < -0.4 is 14.8 Å². The molecule has 2 aliphatic rings. The average Bonchev–Trinajstić information content (AvgIpc) is 3.21. The Morgan fingerprint density at radius 3 is 2.90 bits per heavy atom. The molecule has 1 fully saturated rings. The first kappa shape index (κ1) is 19.7. The van der Waals surface area contributed by atoms with Crippen LogP contribution in [0.15, 0.2) is 41.0 Å². The number of aromatic nitrogens is 1. The van der Waals surface area contributed by atoms with Crippen LogP contribution in [-0.2, 0) is 16.0 Å². The molecule has 0 spiro atoms. The van der Waals surface area contributed by atoms with Gasteiger partial charge in [-0.2, -0.15) is 0 Å². The van der Waals surface area contributed by atoms with Crippen LogP contribution in [0.25, 0.3) is 0 Å². The molecule has 8 heteroatoms. The van der Waals surface area contributed by atoms with E-state index in [1.54, 1.807) is 17.2 Å². The smallest absolute Gasteiger partial charge is 0.231 e. The molecule has 2 amide bonds. The average molecular weight is 460 g/mol. The number of fused-ring (bicyclic) bond motifs is 1. The zero-order valence-corrected chi connectivity index (χ0v) is 17.5. The monoisotopic (exact) mass is 459 g/mol. The van der Waals surface area contributed by atoms with E-state index in [4.69, 9.17) is 9.47 Å². The van der Waals surface area contributed by atoms with Gasteiger partial charge in [0.2, 0.25) is 18.6 Å². The molecular weight excluding hydrogens is 438 g/mol. The summed E-state index contributed by atoms with van der Waals surface area (Å²) in [4.78, 5) is 31.2. The number of carbonyl (C=O) groups is 2. The Balaban J connectivity index is 1.29. The predicted octanol–water partition coefficient (Wildman–Crippen LogP) is 3.38. The number of piperidine rings is 1. The lowest BCUT2D eigenvalue weighted by Gasteiger charge is -2.32. The van der Waals surface area contributed by atoms with Crippen molar-refractivity contribution in [1.29, 1.82) is 0 Å². The molecule has 1 N–H and O–H groups in total. The number of hydrogen-bond acceptors (Lipinski definition) is 5. The number of ether oxygens (including phenoxy) is 2. The van der Waals surface area contributed by atoms with Gasteiger partial charge in [0, 0.05) is 30.2 Å². The first-order valence-corrected chi connectivity index (χ1v) is 10.5. The zero-order valence-electron chi connectivity index (χ0n) is 15.9. The summed E-state index contributed by atoms with van der Waals surface area (Å²) >= 11 is 3.33. The number of aryl methyl sites for hydroxylation is 1. The van der Waals surface area contributed by atoms with Gasteiger partial charge in [0.05, 0.1) is 5.92 Å². The first-order valence-electron chi connectivity index (χ1n) is 9.67. The van der Waals surface area contributed by atoms with Crippen molar-refractivity contribution < 1.29 is 19.1 Å².